The highest BCUT2D eigenvalue weighted by Crippen LogP contribution is 2.34. The van der Waals surface area contributed by atoms with Gasteiger partial charge in [-0.25, -0.2) is 16.8 Å². The maximum absolute atomic E-state index is 13.6. The largest absolute Gasteiger partial charge is 0.480 e. The van der Waals surface area contributed by atoms with Crippen LogP contribution < -0.4 is 18.1 Å². The number of alkyl halides is 4. The third kappa shape index (κ3) is 11.8. The summed E-state index contributed by atoms with van der Waals surface area (Å²) in [5, 5.41) is 9.78. The van der Waals surface area contributed by atoms with Gasteiger partial charge < -0.3 is 19.5 Å². The van der Waals surface area contributed by atoms with Crippen LogP contribution in [0, 0.1) is 0 Å². The SMILES string of the molecule is O=C(CN(c1ccc(Cl)cc1)S(=O)(=O)c1ccc(OC(F)F)cc1)N1CCCC1c1ccccc1.O=C(O)CN(c1ccc(Cl)cc1)S(=O)(=O)c1ccc(OC(F)F)cc1. The van der Waals surface area contributed by atoms with Gasteiger partial charge in [-0.15, -0.1) is 0 Å². The van der Waals surface area contributed by atoms with E-state index in [1.165, 1.54) is 60.7 Å². The number of carbonyl (C=O) groups is 2. The molecule has 0 aliphatic carbocycles. The van der Waals surface area contributed by atoms with Crippen LogP contribution in [0.3, 0.4) is 0 Å². The Hall–Kier alpha value is -5.56. The first kappa shape index (κ1) is 45.5. The molecule has 1 heterocycles. The van der Waals surface area contributed by atoms with Crippen LogP contribution >= 0.6 is 23.2 Å². The second kappa shape index (κ2) is 20.1. The summed E-state index contributed by atoms with van der Waals surface area (Å²) in [6, 6.07) is 30.0. The second-order valence-corrected chi connectivity index (χ2v) is 17.3. The molecule has 1 aliphatic rings. The Balaban J connectivity index is 0.000000241. The van der Waals surface area contributed by atoms with Gasteiger partial charge in [-0.05, 0) is 115 Å². The lowest BCUT2D eigenvalue weighted by molar-refractivity contribution is -0.135. The van der Waals surface area contributed by atoms with E-state index >= 15 is 0 Å². The number of halogens is 6. The molecule has 1 amide bonds. The van der Waals surface area contributed by atoms with E-state index in [9.17, 15) is 44.0 Å². The van der Waals surface area contributed by atoms with Crippen molar-refractivity contribution in [1.82, 2.24) is 4.90 Å². The van der Waals surface area contributed by atoms with Gasteiger partial charge in [-0.3, -0.25) is 18.2 Å². The maximum Gasteiger partial charge on any atom is 0.387 e. The molecule has 60 heavy (non-hydrogen) atoms. The molecule has 12 nitrogen and oxygen atoms in total. The van der Waals surface area contributed by atoms with Crippen LogP contribution in [-0.2, 0) is 29.6 Å². The number of hydrogen-bond acceptors (Lipinski definition) is 8. The zero-order chi connectivity index (χ0) is 43.6. The van der Waals surface area contributed by atoms with Crippen LogP contribution in [0.1, 0.15) is 24.4 Å². The van der Waals surface area contributed by atoms with E-state index in [1.807, 2.05) is 30.3 Å². The molecule has 1 saturated heterocycles. The van der Waals surface area contributed by atoms with E-state index in [1.54, 1.807) is 4.90 Å². The second-order valence-electron chi connectivity index (χ2n) is 12.7. The molecule has 6 rings (SSSR count). The van der Waals surface area contributed by atoms with Gasteiger partial charge in [-0.1, -0.05) is 53.5 Å². The molecule has 0 aromatic heterocycles. The van der Waals surface area contributed by atoms with Gasteiger partial charge in [0, 0.05) is 16.6 Å². The number of benzene rings is 5. The van der Waals surface area contributed by atoms with Crippen LogP contribution in [0.15, 0.2) is 137 Å². The fourth-order valence-electron chi connectivity index (χ4n) is 6.11. The Morgan fingerprint density at radius 1 is 0.650 bits per heavy atom. The van der Waals surface area contributed by atoms with Crippen molar-refractivity contribution in [1.29, 1.82) is 0 Å². The van der Waals surface area contributed by atoms with Crippen molar-refractivity contribution in [2.45, 2.75) is 41.9 Å². The lowest BCUT2D eigenvalue weighted by atomic mass is 10.0. The van der Waals surface area contributed by atoms with E-state index < -0.39 is 52.3 Å². The molecule has 1 atom stereocenters. The Kier molecular flexibility index (Phi) is 15.3. The summed E-state index contributed by atoms with van der Waals surface area (Å²) in [6.07, 6.45) is 1.60. The zero-order valence-corrected chi connectivity index (χ0v) is 34.2. The highest BCUT2D eigenvalue weighted by molar-refractivity contribution is 7.93. The van der Waals surface area contributed by atoms with E-state index in [4.69, 9.17) is 28.3 Å². The summed E-state index contributed by atoms with van der Waals surface area (Å²) in [5.74, 6) is -2.09. The van der Waals surface area contributed by atoms with Crippen molar-refractivity contribution in [3.05, 3.63) is 143 Å². The molecule has 5 aromatic rings. The van der Waals surface area contributed by atoms with Crippen LogP contribution in [0.2, 0.25) is 10.0 Å². The number of hydrogen-bond donors (Lipinski definition) is 1. The number of nitrogens with zero attached hydrogens (tertiary/aromatic N) is 3. The minimum absolute atomic E-state index is 0.0970. The third-order valence-electron chi connectivity index (χ3n) is 8.82. The number of rotatable bonds is 15. The van der Waals surface area contributed by atoms with E-state index in [0.29, 0.717) is 20.9 Å². The number of aliphatic carboxylic acids is 1. The molecule has 318 valence electrons. The van der Waals surface area contributed by atoms with Crippen molar-refractivity contribution in [2.75, 3.05) is 28.2 Å². The molecule has 1 aliphatic heterocycles. The number of carbonyl (C=O) groups excluding carboxylic acids is 1. The first-order chi connectivity index (χ1) is 28.4. The van der Waals surface area contributed by atoms with Crippen LogP contribution in [0.25, 0.3) is 0 Å². The summed E-state index contributed by atoms with van der Waals surface area (Å²) in [4.78, 5) is 25.8. The van der Waals surface area contributed by atoms with Crippen molar-refractivity contribution in [2.24, 2.45) is 0 Å². The van der Waals surface area contributed by atoms with Gasteiger partial charge in [0.15, 0.2) is 0 Å². The molecule has 5 aromatic carbocycles. The molecule has 0 spiro atoms. The lowest BCUT2D eigenvalue weighted by Gasteiger charge is -2.30. The number of amides is 1. The molecular weight excluding hydrogens is 877 g/mol. The summed E-state index contributed by atoms with van der Waals surface area (Å²) in [7, 11) is -8.46. The maximum atomic E-state index is 13.6. The molecule has 0 bridgehead atoms. The van der Waals surface area contributed by atoms with E-state index in [2.05, 4.69) is 9.47 Å². The van der Waals surface area contributed by atoms with Crippen molar-refractivity contribution >= 4 is 66.5 Å². The van der Waals surface area contributed by atoms with Gasteiger partial charge in [0.05, 0.1) is 27.2 Å². The number of carboxylic acids is 1. The summed E-state index contributed by atoms with van der Waals surface area (Å²) in [5.41, 5.74) is 1.35. The van der Waals surface area contributed by atoms with E-state index in [0.717, 1.165) is 59.1 Å². The van der Waals surface area contributed by atoms with Crippen LogP contribution in [0.5, 0.6) is 11.5 Å². The summed E-state index contributed by atoms with van der Waals surface area (Å²) >= 11 is 11.7. The van der Waals surface area contributed by atoms with E-state index in [-0.39, 0.29) is 44.6 Å². The minimum atomic E-state index is -4.24. The quantitative estimate of drug-likeness (QED) is 0.102. The third-order valence-corrected chi connectivity index (χ3v) is 12.9. The topological polar surface area (TPSA) is 151 Å². The van der Waals surface area contributed by atoms with Gasteiger partial charge >= 0.3 is 19.2 Å². The minimum Gasteiger partial charge on any atom is -0.480 e. The van der Waals surface area contributed by atoms with Crippen LogP contribution in [-0.4, -0.2) is 71.6 Å². The molecule has 20 heteroatoms. The molecule has 0 radical (unpaired) electrons. The van der Waals surface area contributed by atoms with Gasteiger partial charge in [-0.2, -0.15) is 17.6 Å². The molecule has 1 unspecified atom stereocenters. The Bertz CT molecular complexity index is 2440. The molecule has 0 saturated carbocycles. The average Bonchev–Trinajstić information content (AvgIpc) is 3.71. The number of ether oxygens (including phenoxy) is 2. The monoisotopic (exact) mass is 911 g/mol. The number of likely N-dealkylation sites (tertiary alicyclic amines) is 1. The normalized spacial score (nSPS) is 14.0. The zero-order valence-electron chi connectivity index (χ0n) is 31.0. The standard InChI is InChI=1S/C25H23ClF2N2O4S.C15H12ClF2NO5S/c26-19-8-10-20(11-9-19)30(35(32,33)22-14-12-21(13-15-22)34-25(27)28)17-24(31)29-16-4-7-23(29)18-5-2-1-3-6-18;16-10-1-3-11(4-2-10)19(9-14(20)21)25(22,23)13-7-5-12(6-8-13)24-15(17)18/h1-3,5-6,8-15,23,25H,4,7,16-17H2;1-8,15H,9H2,(H,20,21). The van der Waals surface area contributed by atoms with Crippen LogP contribution in [0.4, 0.5) is 28.9 Å². The predicted molar refractivity (Wildman–Crippen MR) is 216 cm³/mol. The lowest BCUT2D eigenvalue weighted by Crippen LogP contribution is -2.42. The molecule has 1 fully saturated rings. The Morgan fingerprint density at radius 3 is 1.47 bits per heavy atom. The smallest absolute Gasteiger partial charge is 0.387 e. The van der Waals surface area contributed by atoms with Crippen molar-refractivity contribution in [3.63, 3.8) is 0 Å². The predicted octanol–water partition coefficient (Wildman–Crippen LogP) is 8.72. The first-order valence-corrected chi connectivity index (χ1v) is 21.3. The van der Waals surface area contributed by atoms with Gasteiger partial charge in [0.2, 0.25) is 5.91 Å². The Labute approximate surface area is 353 Å². The van der Waals surface area contributed by atoms with Crippen molar-refractivity contribution in [3.8, 4) is 11.5 Å². The summed E-state index contributed by atoms with van der Waals surface area (Å²) in [6.45, 7) is -6.80. The fraction of sp³-hybridized carbons (Fsp3) is 0.200. The molecule has 1 N–H and O–H groups in total. The number of anilines is 2. The highest BCUT2D eigenvalue weighted by atomic mass is 35.5. The fourth-order valence-corrected chi connectivity index (χ4v) is 9.19. The first-order valence-electron chi connectivity index (χ1n) is 17.7. The highest BCUT2D eigenvalue weighted by Gasteiger charge is 2.34. The summed E-state index contributed by atoms with van der Waals surface area (Å²) < 4.78 is 112. The number of carboxylic acid groups (broad SMARTS) is 1. The molecular formula is C40H35Cl2F4N3O9S2. The van der Waals surface area contributed by atoms with Gasteiger partial charge in [0.25, 0.3) is 20.0 Å². The average molecular weight is 913 g/mol. The Morgan fingerprint density at radius 2 is 1.07 bits per heavy atom. The number of sulfonamides is 2. The van der Waals surface area contributed by atoms with Crippen molar-refractivity contribution < 1.29 is 58.6 Å². The van der Waals surface area contributed by atoms with Gasteiger partial charge in [0.1, 0.15) is 24.6 Å².